The molecule has 1 N–H and O–H groups in total. The summed E-state index contributed by atoms with van der Waals surface area (Å²) in [5.74, 6) is 1.34. The zero-order chi connectivity index (χ0) is 12.2. The molecule has 4 heteroatoms. The van der Waals surface area contributed by atoms with Crippen LogP contribution in [0.15, 0.2) is 6.07 Å². The molecule has 0 aliphatic rings. The van der Waals surface area contributed by atoms with E-state index in [0.29, 0.717) is 11.8 Å². The number of halogens is 1. The van der Waals surface area contributed by atoms with Gasteiger partial charge in [0.25, 0.3) is 0 Å². The second kappa shape index (κ2) is 5.48. The third kappa shape index (κ3) is 3.63. The molecule has 1 rings (SSSR count). The first-order valence-electron chi connectivity index (χ1n) is 5.65. The van der Waals surface area contributed by atoms with Crippen molar-refractivity contribution in [3.63, 3.8) is 0 Å². The Labute approximate surface area is 103 Å². The molecule has 1 unspecified atom stereocenters. The molecule has 0 radical (unpaired) electrons. The molecule has 0 spiro atoms. The molecule has 3 nitrogen and oxygen atoms in total. The molecule has 0 saturated heterocycles. The van der Waals surface area contributed by atoms with E-state index in [1.54, 1.807) is 0 Å². The number of hydrogen-bond donors (Lipinski definition) is 1. The first-order valence-corrected chi connectivity index (χ1v) is 6.19. The minimum atomic E-state index is -0.0258. The van der Waals surface area contributed by atoms with E-state index >= 15 is 0 Å². The summed E-state index contributed by atoms with van der Waals surface area (Å²) in [6.07, 6.45) is 1.90. The standard InChI is InChI=1S/C12H20ClN3/c1-5-12(4,6-7-13)16-11-14-9(2)8-10(3)15-11/h8H,5-7H2,1-4H3,(H,14,15,16). The number of anilines is 1. The Morgan fingerprint density at radius 3 is 2.31 bits per heavy atom. The number of alkyl halides is 1. The van der Waals surface area contributed by atoms with Crippen LogP contribution in [0.2, 0.25) is 0 Å². The quantitative estimate of drug-likeness (QED) is 0.804. The zero-order valence-corrected chi connectivity index (χ0v) is 11.2. The highest BCUT2D eigenvalue weighted by molar-refractivity contribution is 6.17. The molecule has 1 heterocycles. The van der Waals surface area contributed by atoms with E-state index in [2.05, 4.69) is 29.1 Å². The second-order valence-electron chi connectivity index (χ2n) is 4.45. The van der Waals surface area contributed by atoms with Gasteiger partial charge in [0.15, 0.2) is 0 Å². The van der Waals surface area contributed by atoms with Crippen molar-refractivity contribution in [2.45, 2.75) is 46.1 Å². The van der Waals surface area contributed by atoms with Crippen molar-refractivity contribution in [3.8, 4) is 0 Å². The lowest BCUT2D eigenvalue weighted by atomic mass is 9.96. The molecule has 0 fully saturated rings. The van der Waals surface area contributed by atoms with Crippen LogP contribution in [0.5, 0.6) is 0 Å². The van der Waals surface area contributed by atoms with Crippen LogP contribution in [-0.2, 0) is 0 Å². The number of nitrogens with one attached hydrogen (secondary N) is 1. The molecular weight excluding hydrogens is 222 g/mol. The van der Waals surface area contributed by atoms with Gasteiger partial charge >= 0.3 is 0 Å². The number of aromatic nitrogens is 2. The Morgan fingerprint density at radius 2 is 1.88 bits per heavy atom. The number of hydrogen-bond acceptors (Lipinski definition) is 3. The van der Waals surface area contributed by atoms with E-state index < -0.39 is 0 Å². The molecular formula is C12H20ClN3. The monoisotopic (exact) mass is 241 g/mol. The lowest BCUT2D eigenvalue weighted by Gasteiger charge is -2.29. The lowest BCUT2D eigenvalue weighted by Crippen LogP contribution is -2.35. The largest absolute Gasteiger partial charge is 0.349 e. The molecule has 0 amide bonds. The molecule has 0 bridgehead atoms. The normalized spacial score (nSPS) is 14.6. The van der Waals surface area contributed by atoms with Crippen LogP contribution in [-0.4, -0.2) is 21.4 Å². The molecule has 16 heavy (non-hydrogen) atoms. The Kier molecular flexibility index (Phi) is 4.54. The summed E-state index contributed by atoms with van der Waals surface area (Å²) in [5, 5.41) is 3.38. The Morgan fingerprint density at radius 1 is 1.31 bits per heavy atom. The summed E-state index contributed by atoms with van der Waals surface area (Å²) in [6.45, 7) is 8.24. The first kappa shape index (κ1) is 13.2. The lowest BCUT2D eigenvalue weighted by molar-refractivity contribution is 0.477. The highest BCUT2D eigenvalue weighted by Gasteiger charge is 2.22. The third-order valence-electron chi connectivity index (χ3n) is 2.82. The minimum Gasteiger partial charge on any atom is -0.349 e. The van der Waals surface area contributed by atoms with Gasteiger partial charge in [0, 0.05) is 22.8 Å². The number of aryl methyl sites for hydroxylation is 2. The molecule has 0 aromatic carbocycles. The second-order valence-corrected chi connectivity index (χ2v) is 4.83. The van der Waals surface area contributed by atoms with E-state index in [1.165, 1.54) is 0 Å². The number of nitrogens with zero attached hydrogens (tertiary/aromatic N) is 2. The third-order valence-corrected chi connectivity index (χ3v) is 3.01. The summed E-state index contributed by atoms with van der Waals surface area (Å²) in [6, 6.07) is 1.97. The van der Waals surface area contributed by atoms with Gasteiger partial charge in [-0.1, -0.05) is 6.92 Å². The van der Waals surface area contributed by atoms with Crippen LogP contribution < -0.4 is 5.32 Å². The molecule has 1 aromatic rings. The summed E-state index contributed by atoms with van der Waals surface area (Å²) >= 11 is 5.81. The summed E-state index contributed by atoms with van der Waals surface area (Å²) in [7, 11) is 0. The highest BCUT2D eigenvalue weighted by atomic mass is 35.5. The Hall–Kier alpha value is -0.830. The Bertz CT molecular complexity index is 334. The van der Waals surface area contributed by atoms with Crippen molar-refractivity contribution in [2.75, 3.05) is 11.2 Å². The molecule has 0 saturated carbocycles. The van der Waals surface area contributed by atoms with Gasteiger partial charge in [-0.05, 0) is 39.7 Å². The van der Waals surface area contributed by atoms with Gasteiger partial charge in [0.2, 0.25) is 5.95 Å². The maximum atomic E-state index is 5.81. The van der Waals surface area contributed by atoms with Crippen molar-refractivity contribution in [1.82, 2.24) is 9.97 Å². The fourth-order valence-corrected chi connectivity index (χ4v) is 2.01. The van der Waals surface area contributed by atoms with Gasteiger partial charge in [0.05, 0.1) is 0 Å². The topological polar surface area (TPSA) is 37.8 Å². The predicted octanol–water partition coefficient (Wildman–Crippen LogP) is 3.30. The van der Waals surface area contributed by atoms with E-state index in [-0.39, 0.29) is 5.54 Å². The van der Waals surface area contributed by atoms with Gasteiger partial charge in [0.1, 0.15) is 0 Å². The SMILES string of the molecule is CCC(C)(CCCl)Nc1nc(C)cc(C)n1. The summed E-state index contributed by atoms with van der Waals surface area (Å²) < 4.78 is 0. The smallest absolute Gasteiger partial charge is 0.223 e. The van der Waals surface area contributed by atoms with E-state index in [4.69, 9.17) is 11.6 Å². The molecule has 1 atom stereocenters. The molecule has 0 aliphatic carbocycles. The highest BCUT2D eigenvalue weighted by Crippen LogP contribution is 2.20. The van der Waals surface area contributed by atoms with E-state index in [9.17, 15) is 0 Å². The van der Waals surface area contributed by atoms with Crippen LogP contribution in [0.1, 0.15) is 38.1 Å². The van der Waals surface area contributed by atoms with Crippen molar-refractivity contribution in [2.24, 2.45) is 0 Å². The van der Waals surface area contributed by atoms with Gasteiger partial charge in [-0.3, -0.25) is 0 Å². The van der Waals surface area contributed by atoms with Crippen molar-refractivity contribution in [3.05, 3.63) is 17.5 Å². The first-order chi connectivity index (χ1) is 7.49. The maximum Gasteiger partial charge on any atom is 0.223 e. The van der Waals surface area contributed by atoms with Gasteiger partial charge in [-0.25, -0.2) is 9.97 Å². The maximum absolute atomic E-state index is 5.81. The average molecular weight is 242 g/mol. The summed E-state index contributed by atoms with van der Waals surface area (Å²) in [5.41, 5.74) is 1.95. The summed E-state index contributed by atoms with van der Waals surface area (Å²) in [4.78, 5) is 8.77. The van der Waals surface area contributed by atoms with Crippen molar-refractivity contribution >= 4 is 17.5 Å². The fourth-order valence-electron chi connectivity index (χ4n) is 1.59. The predicted molar refractivity (Wildman–Crippen MR) is 69.2 cm³/mol. The van der Waals surface area contributed by atoms with Crippen LogP contribution >= 0.6 is 11.6 Å². The number of rotatable bonds is 5. The van der Waals surface area contributed by atoms with Gasteiger partial charge in [-0.2, -0.15) is 0 Å². The molecule has 90 valence electrons. The minimum absolute atomic E-state index is 0.0258. The Balaban J connectivity index is 2.85. The fraction of sp³-hybridized carbons (Fsp3) is 0.667. The van der Waals surface area contributed by atoms with Crippen LogP contribution in [0.25, 0.3) is 0 Å². The molecule has 1 aromatic heterocycles. The van der Waals surface area contributed by atoms with Crippen LogP contribution in [0.4, 0.5) is 5.95 Å². The van der Waals surface area contributed by atoms with Gasteiger partial charge in [-0.15, -0.1) is 11.6 Å². The average Bonchev–Trinajstić information content (AvgIpc) is 2.16. The van der Waals surface area contributed by atoms with Crippen molar-refractivity contribution in [1.29, 1.82) is 0 Å². The van der Waals surface area contributed by atoms with Crippen LogP contribution in [0, 0.1) is 13.8 Å². The van der Waals surface area contributed by atoms with Crippen molar-refractivity contribution < 1.29 is 0 Å². The molecule has 0 aliphatic heterocycles. The van der Waals surface area contributed by atoms with Gasteiger partial charge < -0.3 is 5.32 Å². The zero-order valence-electron chi connectivity index (χ0n) is 10.5. The van der Waals surface area contributed by atoms with Crippen LogP contribution in [0.3, 0.4) is 0 Å². The van der Waals surface area contributed by atoms with E-state index in [1.807, 2.05) is 19.9 Å². The van der Waals surface area contributed by atoms with E-state index in [0.717, 1.165) is 24.2 Å².